The first-order valence-electron chi connectivity index (χ1n) is 12.6. The molecule has 1 aliphatic heterocycles. The first-order valence-corrected chi connectivity index (χ1v) is 12.6. The summed E-state index contributed by atoms with van der Waals surface area (Å²) in [7, 11) is 0. The van der Waals surface area contributed by atoms with Gasteiger partial charge < -0.3 is 20.1 Å². The highest BCUT2D eigenvalue weighted by atomic mass is 16.5. The van der Waals surface area contributed by atoms with Gasteiger partial charge in [-0.25, -0.2) is 4.79 Å². The van der Waals surface area contributed by atoms with Gasteiger partial charge in [-0.1, -0.05) is 61.4 Å². The van der Waals surface area contributed by atoms with Crippen LogP contribution in [-0.4, -0.2) is 53.7 Å². The molecule has 1 heterocycles. The molecule has 2 amide bonds. The second-order valence-electron chi connectivity index (χ2n) is 10.5. The molecule has 182 valence electrons. The minimum Gasteiger partial charge on any atom is -0.481 e. The molecule has 35 heavy (non-hydrogen) atoms. The van der Waals surface area contributed by atoms with E-state index in [4.69, 9.17) is 4.74 Å². The van der Waals surface area contributed by atoms with Gasteiger partial charge in [-0.15, -0.1) is 0 Å². The highest BCUT2D eigenvalue weighted by Gasteiger charge is 2.66. The lowest BCUT2D eigenvalue weighted by Crippen LogP contribution is -2.50. The zero-order valence-corrected chi connectivity index (χ0v) is 19.6. The Kier molecular flexibility index (Phi) is 5.31. The maximum absolute atomic E-state index is 13.3. The lowest BCUT2D eigenvalue weighted by Gasteiger charge is -2.34. The Hall–Kier alpha value is -3.35. The molecule has 7 nitrogen and oxygen atoms in total. The summed E-state index contributed by atoms with van der Waals surface area (Å²) in [6, 6.07) is 16.1. The van der Waals surface area contributed by atoms with Crippen molar-refractivity contribution in [1.29, 1.82) is 0 Å². The van der Waals surface area contributed by atoms with Crippen molar-refractivity contribution < 1.29 is 24.2 Å². The first kappa shape index (κ1) is 22.1. The van der Waals surface area contributed by atoms with Crippen LogP contribution in [0.3, 0.4) is 0 Å². The summed E-state index contributed by atoms with van der Waals surface area (Å²) in [5.41, 5.74) is 3.94. The molecule has 4 aliphatic rings. The molecule has 7 heteroatoms. The molecule has 2 unspecified atom stereocenters. The van der Waals surface area contributed by atoms with Crippen LogP contribution in [0.2, 0.25) is 0 Å². The van der Waals surface area contributed by atoms with E-state index in [0.29, 0.717) is 25.9 Å². The summed E-state index contributed by atoms with van der Waals surface area (Å²) in [5, 5.41) is 12.5. The molecule has 0 spiro atoms. The number of alkyl carbamates (subject to hydrolysis) is 1. The number of likely N-dealkylation sites (tertiary alicyclic amines) is 1. The van der Waals surface area contributed by atoms with Crippen molar-refractivity contribution in [3.8, 4) is 11.1 Å². The number of rotatable bonds is 5. The smallest absolute Gasteiger partial charge is 0.407 e. The summed E-state index contributed by atoms with van der Waals surface area (Å²) in [5.74, 6) is -1.09. The molecule has 2 aromatic rings. The third kappa shape index (κ3) is 3.68. The van der Waals surface area contributed by atoms with Gasteiger partial charge in [0, 0.05) is 25.0 Å². The fraction of sp³-hybridized carbons (Fsp3) is 0.464. The monoisotopic (exact) mass is 474 g/mol. The quantitative estimate of drug-likeness (QED) is 0.683. The number of hydrogen-bond donors (Lipinski definition) is 2. The van der Waals surface area contributed by atoms with Crippen molar-refractivity contribution >= 4 is 18.0 Å². The van der Waals surface area contributed by atoms with Gasteiger partial charge >= 0.3 is 12.1 Å². The Balaban J connectivity index is 1.10. The van der Waals surface area contributed by atoms with E-state index in [-0.39, 0.29) is 36.3 Å². The van der Waals surface area contributed by atoms with Crippen molar-refractivity contribution in [2.45, 2.75) is 44.1 Å². The van der Waals surface area contributed by atoms with E-state index in [9.17, 15) is 19.5 Å². The SMILES string of the molecule is O=C(N[C@H]1CCCC[C@H]1C(=O)N1CC2CC2(C(=O)O)C1)OCC1c2ccccc2-c2ccccc21. The molecular weight excluding hydrogens is 444 g/mol. The molecule has 0 bridgehead atoms. The van der Waals surface area contributed by atoms with Crippen LogP contribution < -0.4 is 5.32 Å². The van der Waals surface area contributed by atoms with E-state index in [2.05, 4.69) is 29.6 Å². The van der Waals surface area contributed by atoms with Crippen molar-refractivity contribution in [3.05, 3.63) is 59.7 Å². The third-order valence-electron chi connectivity index (χ3n) is 8.61. The molecule has 0 radical (unpaired) electrons. The number of carbonyl (C=O) groups excluding carboxylic acids is 2. The fourth-order valence-electron chi connectivity index (χ4n) is 6.61. The predicted octanol–water partition coefficient (Wildman–Crippen LogP) is 4.02. The standard InChI is InChI=1S/C28H30N2O5/c31-25(30-14-17-13-28(17,16-30)26(32)33)22-11-5-6-12-24(22)29-27(34)35-15-23-20-9-3-1-7-18(20)19-8-2-4-10-21(19)23/h1-4,7-10,17,22-24H,5-6,11-16H2,(H,29,34)(H,32,33)/t17?,22-,24+,28?/m1/s1. The van der Waals surface area contributed by atoms with Crippen LogP contribution in [0.25, 0.3) is 11.1 Å². The van der Waals surface area contributed by atoms with Crippen LogP contribution in [0.15, 0.2) is 48.5 Å². The number of carbonyl (C=O) groups is 3. The Morgan fingerprint density at radius 2 is 1.66 bits per heavy atom. The zero-order valence-electron chi connectivity index (χ0n) is 19.6. The van der Waals surface area contributed by atoms with Gasteiger partial charge in [0.25, 0.3) is 0 Å². The summed E-state index contributed by atoms with van der Waals surface area (Å²) in [6.07, 6.45) is 3.47. The Labute approximate surface area is 204 Å². The average molecular weight is 475 g/mol. The lowest BCUT2D eigenvalue weighted by atomic mass is 9.83. The van der Waals surface area contributed by atoms with Crippen LogP contribution in [0.4, 0.5) is 4.79 Å². The van der Waals surface area contributed by atoms with Crippen LogP contribution >= 0.6 is 0 Å². The van der Waals surface area contributed by atoms with Crippen LogP contribution in [0.5, 0.6) is 0 Å². The van der Waals surface area contributed by atoms with Gasteiger partial charge in [0.1, 0.15) is 6.61 Å². The number of amides is 2. The largest absolute Gasteiger partial charge is 0.481 e. The second-order valence-corrected chi connectivity index (χ2v) is 10.5. The molecule has 4 atom stereocenters. The molecule has 3 fully saturated rings. The van der Waals surface area contributed by atoms with Gasteiger partial charge in [-0.2, -0.15) is 0 Å². The highest BCUT2D eigenvalue weighted by Crippen LogP contribution is 2.58. The van der Waals surface area contributed by atoms with Gasteiger partial charge in [0.2, 0.25) is 5.91 Å². The summed E-state index contributed by atoms with van der Waals surface area (Å²) in [4.78, 5) is 39.5. The molecule has 1 saturated heterocycles. The number of aliphatic carboxylic acids is 1. The molecule has 2 aromatic carbocycles. The summed E-state index contributed by atoms with van der Waals surface area (Å²) < 4.78 is 5.71. The normalized spacial score (nSPS) is 28.6. The maximum atomic E-state index is 13.3. The van der Waals surface area contributed by atoms with Crippen LogP contribution in [0.1, 0.15) is 49.1 Å². The number of carboxylic acid groups (broad SMARTS) is 1. The van der Waals surface area contributed by atoms with Gasteiger partial charge in [-0.3, -0.25) is 9.59 Å². The minimum atomic E-state index is -0.797. The first-order chi connectivity index (χ1) is 17.0. The number of nitrogens with zero attached hydrogens (tertiary/aromatic N) is 1. The maximum Gasteiger partial charge on any atom is 0.407 e. The number of benzene rings is 2. The third-order valence-corrected chi connectivity index (χ3v) is 8.61. The average Bonchev–Trinajstić information content (AvgIpc) is 3.30. The van der Waals surface area contributed by atoms with E-state index in [0.717, 1.165) is 30.4 Å². The van der Waals surface area contributed by atoms with Gasteiger partial charge in [-0.05, 0) is 47.4 Å². The minimum absolute atomic E-state index is 0.0135. The van der Waals surface area contributed by atoms with E-state index >= 15 is 0 Å². The Morgan fingerprint density at radius 3 is 2.31 bits per heavy atom. The molecule has 2 saturated carbocycles. The molecule has 6 rings (SSSR count). The number of hydrogen-bond acceptors (Lipinski definition) is 4. The van der Waals surface area contributed by atoms with E-state index in [1.54, 1.807) is 4.90 Å². The van der Waals surface area contributed by atoms with Crippen molar-refractivity contribution in [2.75, 3.05) is 19.7 Å². The van der Waals surface area contributed by atoms with Crippen molar-refractivity contribution in [3.63, 3.8) is 0 Å². The lowest BCUT2D eigenvalue weighted by molar-refractivity contribution is -0.144. The number of fused-ring (bicyclic) bond motifs is 4. The highest BCUT2D eigenvalue weighted by molar-refractivity contribution is 5.85. The van der Waals surface area contributed by atoms with E-state index in [1.807, 2.05) is 24.3 Å². The van der Waals surface area contributed by atoms with E-state index < -0.39 is 17.5 Å². The Bertz CT molecular complexity index is 1150. The van der Waals surface area contributed by atoms with E-state index in [1.165, 1.54) is 11.1 Å². The molecular formula is C28H30N2O5. The zero-order chi connectivity index (χ0) is 24.2. The Morgan fingerprint density at radius 1 is 1.00 bits per heavy atom. The predicted molar refractivity (Wildman–Crippen MR) is 129 cm³/mol. The summed E-state index contributed by atoms with van der Waals surface area (Å²) >= 11 is 0. The van der Waals surface area contributed by atoms with Gasteiger partial charge in [0.05, 0.1) is 11.3 Å². The topological polar surface area (TPSA) is 95.9 Å². The molecule has 3 aliphatic carbocycles. The number of ether oxygens (including phenoxy) is 1. The fourth-order valence-corrected chi connectivity index (χ4v) is 6.61. The number of piperidine rings is 1. The van der Waals surface area contributed by atoms with Gasteiger partial charge in [0.15, 0.2) is 0 Å². The second kappa shape index (κ2) is 8.40. The molecule has 0 aromatic heterocycles. The molecule has 2 N–H and O–H groups in total. The number of nitrogens with one attached hydrogen (secondary N) is 1. The number of carboxylic acids is 1. The van der Waals surface area contributed by atoms with Crippen LogP contribution in [-0.2, 0) is 14.3 Å². The van der Waals surface area contributed by atoms with Crippen LogP contribution in [0, 0.1) is 17.3 Å². The van der Waals surface area contributed by atoms with Crippen molar-refractivity contribution in [2.24, 2.45) is 17.3 Å². The van der Waals surface area contributed by atoms with Crippen molar-refractivity contribution in [1.82, 2.24) is 10.2 Å². The summed E-state index contributed by atoms with van der Waals surface area (Å²) in [6.45, 7) is 1.04.